The third-order valence-corrected chi connectivity index (χ3v) is 3.03. The number of carbonyl (C=O) groups is 1. The van der Waals surface area contributed by atoms with Gasteiger partial charge in [-0.1, -0.05) is 0 Å². The molecule has 0 aliphatic heterocycles. The molecule has 0 bridgehead atoms. The van der Waals surface area contributed by atoms with Gasteiger partial charge in [0.2, 0.25) is 5.91 Å². The minimum atomic E-state index is -0.151. The van der Waals surface area contributed by atoms with Crippen molar-refractivity contribution in [3.05, 3.63) is 34.9 Å². The second-order valence-corrected chi connectivity index (χ2v) is 4.34. The first kappa shape index (κ1) is 13.3. The minimum Gasteiger partial charge on any atom is -0.497 e. The summed E-state index contributed by atoms with van der Waals surface area (Å²) < 4.78 is 7.21. The molecule has 1 amide bonds. The Balaban J connectivity index is 2.01. The molecule has 0 aliphatic carbocycles. The molecule has 0 aliphatic rings. The molecule has 2 N–H and O–H groups in total. The van der Waals surface area contributed by atoms with Crippen LogP contribution in [-0.2, 0) is 18.3 Å². The van der Waals surface area contributed by atoms with Crippen molar-refractivity contribution in [3.63, 3.8) is 0 Å². The van der Waals surface area contributed by atoms with Gasteiger partial charge in [0.25, 0.3) is 0 Å². The number of nitrogens with one attached hydrogen (secondary N) is 2. The van der Waals surface area contributed by atoms with E-state index in [2.05, 4.69) is 15.5 Å². The number of carbonyl (C=O) groups excluding carboxylic acids is 1. The third kappa shape index (κ3) is 3.19. The Kier molecular flexibility index (Phi) is 3.96. The summed E-state index contributed by atoms with van der Waals surface area (Å²) in [5, 5.41) is 9.41. The van der Waals surface area contributed by atoms with Gasteiger partial charge in [-0.15, -0.1) is 0 Å². The monoisotopic (exact) mass is 278 g/mol. The van der Waals surface area contributed by atoms with Crippen LogP contribution in [0.1, 0.15) is 5.82 Å². The van der Waals surface area contributed by atoms with Gasteiger partial charge in [0.05, 0.1) is 13.5 Å². The lowest BCUT2D eigenvalue weighted by Gasteiger charge is -2.06. The lowest BCUT2D eigenvalue weighted by Crippen LogP contribution is -2.16. The summed E-state index contributed by atoms with van der Waals surface area (Å²) in [5.74, 6) is 1.19. The van der Waals surface area contributed by atoms with E-state index in [4.69, 9.17) is 17.0 Å². The van der Waals surface area contributed by atoms with Gasteiger partial charge in [-0.3, -0.25) is 9.89 Å². The number of ether oxygens (including phenoxy) is 1. The Morgan fingerprint density at radius 3 is 2.68 bits per heavy atom. The van der Waals surface area contributed by atoms with Crippen LogP contribution >= 0.6 is 12.2 Å². The number of H-pyrrole nitrogens is 1. The first-order valence-corrected chi connectivity index (χ1v) is 6.05. The maximum Gasteiger partial charge on any atom is 0.232 e. The number of benzene rings is 1. The number of rotatable bonds is 4. The minimum absolute atomic E-state index is 0.151. The van der Waals surface area contributed by atoms with E-state index in [1.807, 2.05) is 0 Å². The van der Waals surface area contributed by atoms with Gasteiger partial charge in [-0.25, -0.2) is 0 Å². The zero-order valence-corrected chi connectivity index (χ0v) is 11.5. The average Bonchev–Trinajstić information content (AvgIpc) is 2.71. The van der Waals surface area contributed by atoms with Gasteiger partial charge in [0.15, 0.2) is 4.77 Å². The summed E-state index contributed by atoms with van der Waals surface area (Å²) in [4.78, 5) is 11.9. The molecule has 0 atom stereocenters. The van der Waals surface area contributed by atoms with Crippen molar-refractivity contribution in [2.75, 3.05) is 12.4 Å². The van der Waals surface area contributed by atoms with Gasteiger partial charge in [0.1, 0.15) is 11.6 Å². The number of nitrogens with zero attached hydrogens (tertiary/aromatic N) is 2. The van der Waals surface area contributed by atoms with E-state index in [0.29, 0.717) is 16.3 Å². The topological polar surface area (TPSA) is 71.9 Å². The SMILES string of the molecule is COc1ccc(NC(=O)Cc2n[nH]c(=S)n2C)cc1. The highest BCUT2D eigenvalue weighted by atomic mass is 32.1. The van der Waals surface area contributed by atoms with Crippen molar-refractivity contribution in [1.29, 1.82) is 0 Å². The standard InChI is InChI=1S/C12H14N4O2S/c1-16-10(14-15-12(16)19)7-11(17)13-8-3-5-9(18-2)6-4-8/h3-6H,7H2,1-2H3,(H,13,17)(H,15,19). The summed E-state index contributed by atoms with van der Waals surface area (Å²) in [6, 6.07) is 7.12. The highest BCUT2D eigenvalue weighted by Gasteiger charge is 2.09. The highest BCUT2D eigenvalue weighted by molar-refractivity contribution is 7.71. The van der Waals surface area contributed by atoms with Crippen LogP contribution in [0.15, 0.2) is 24.3 Å². The lowest BCUT2D eigenvalue weighted by molar-refractivity contribution is -0.115. The van der Waals surface area contributed by atoms with E-state index in [-0.39, 0.29) is 12.3 Å². The average molecular weight is 278 g/mol. The molecule has 0 saturated heterocycles. The number of methoxy groups -OCH3 is 1. The zero-order chi connectivity index (χ0) is 13.8. The van der Waals surface area contributed by atoms with Crippen molar-refractivity contribution < 1.29 is 9.53 Å². The molecule has 0 spiro atoms. The van der Waals surface area contributed by atoms with Crippen LogP contribution in [-0.4, -0.2) is 27.8 Å². The molecule has 19 heavy (non-hydrogen) atoms. The van der Waals surface area contributed by atoms with E-state index in [0.717, 1.165) is 5.75 Å². The Morgan fingerprint density at radius 2 is 2.16 bits per heavy atom. The van der Waals surface area contributed by atoms with Gasteiger partial charge in [-0.2, -0.15) is 5.10 Å². The highest BCUT2D eigenvalue weighted by Crippen LogP contribution is 2.15. The lowest BCUT2D eigenvalue weighted by atomic mass is 10.3. The van der Waals surface area contributed by atoms with Crippen molar-refractivity contribution in [3.8, 4) is 5.75 Å². The maximum absolute atomic E-state index is 11.9. The van der Waals surface area contributed by atoms with Crippen LogP contribution in [0.4, 0.5) is 5.69 Å². The van der Waals surface area contributed by atoms with Crippen LogP contribution in [0.3, 0.4) is 0 Å². The van der Waals surface area contributed by atoms with Crippen LogP contribution in [0.2, 0.25) is 0 Å². The largest absolute Gasteiger partial charge is 0.497 e. The molecule has 0 fully saturated rings. The fraction of sp³-hybridized carbons (Fsp3) is 0.250. The van der Waals surface area contributed by atoms with Crippen molar-refractivity contribution >= 4 is 23.8 Å². The normalized spacial score (nSPS) is 10.2. The van der Waals surface area contributed by atoms with Crippen molar-refractivity contribution in [1.82, 2.24) is 14.8 Å². The van der Waals surface area contributed by atoms with Crippen molar-refractivity contribution in [2.45, 2.75) is 6.42 Å². The Bertz CT molecular complexity index is 630. The molecule has 0 radical (unpaired) electrons. The summed E-state index contributed by atoms with van der Waals surface area (Å²) in [6.45, 7) is 0. The number of aromatic amines is 1. The summed E-state index contributed by atoms with van der Waals surface area (Å²) in [7, 11) is 3.36. The predicted octanol–water partition coefficient (Wildman–Crippen LogP) is 1.67. The molecule has 1 aromatic heterocycles. The Labute approximate surface area is 115 Å². The number of aromatic nitrogens is 3. The van der Waals surface area contributed by atoms with Gasteiger partial charge in [-0.05, 0) is 36.5 Å². The fourth-order valence-electron chi connectivity index (χ4n) is 1.56. The summed E-state index contributed by atoms with van der Waals surface area (Å²) >= 11 is 4.98. The Hall–Kier alpha value is -2.15. The van der Waals surface area contributed by atoms with Gasteiger partial charge < -0.3 is 14.6 Å². The summed E-state index contributed by atoms with van der Waals surface area (Å²) in [5.41, 5.74) is 0.711. The van der Waals surface area contributed by atoms with E-state index >= 15 is 0 Å². The fourth-order valence-corrected chi connectivity index (χ4v) is 1.71. The summed E-state index contributed by atoms with van der Waals surface area (Å²) in [6.07, 6.45) is 0.162. The number of anilines is 1. The molecular weight excluding hydrogens is 264 g/mol. The molecule has 7 heteroatoms. The molecule has 0 saturated carbocycles. The van der Waals surface area contributed by atoms with Gasteiger partial charge in [0, 0.05) is 12.7 Å². The zero-order valence-electron chi connectivity index (χ0n) is 10.6. The molecule has 2 aromatic rings. The van der Waals surface area contributed by atoms with E-state index < -0.39 is 0 Å². The predicted molar refractivity (Wildman–Crippen MR) is 73.7 cm³/mol. The number of hydrogen-bond donors (Lipinski definition) is 2. The molecule has 100 valence electrons. The second-order valence-electron chi connectivity index (χ2n) is 3.96. The van der Waals surface area contributed by atoms with E-state index in [1.54, 1.807) is 43.0 Å². The van der Waals surface area contributed by atoms with E-state index in [9.17, 15) is 4.79 Å². The molecule has 0 unspecified atom stereocenters. The quantitative estimate of drug-likeness (QED) is 0.834. The number of hydrogen-bond acceptors (Lipinski definition) is 4. The smallest absolute Gasteiger partial charge is 0.232 e. The van der Waals surface area contributed by atoms with Crippen LogP contribution in [0.25, 0.3) is 0 Å². The molecular formula is C12H14N4O2S. The molecule has 6 nitrogen and oxygen atoms in total. The van der Waals surface area contributed by atoms with Crippen LogP contribution in [0.5, 0.6) is 5.75 Å². The number of amides is 1. The first-order chi connectivity index (χ1) is 9.10. The Morgan fingerprint density at radius 1 is 1.47 bits per heavy atom. The van der Waals surface area contributed by atoms with E-state index in [1.165, 1.54) is 0 Å². The third-order valence-electron chi connectivity index (χ3n) is 2.66. The van der Waals surface area contributed by atoms with Crippen LogP contribution in [0, 0.1) is 4.77 Å². The van der Waals surface area contributed by atoms with Crippen LogP contribution < -0.4 is 10.1 Å². The van der Waals surface area contributed by atoms with Crippen molar-refractivity contribution in [2.24, 2.45) is 7.05 Å². The maximum atomic E-state index is 11.9. The molecule has 1 aromatic carbocycles. The molecule has 2 rings (SSSR count). The van der Waals surface area contributed by atoms with Gasteiger partial charge >= 0.3 is 0 Å². The molecule has 1 heterocycles. The second kappa shape index (κ2) is 5.66. The first-order valence-electron chi connectivity index (χ1n) is 5.64.